The lowest BCUT2D eigenvalue weighted by Crippen LogP contribution is -1.95. The van der Waals surface area contributed by atoms with Crippen molar-refractivity contribution in [2.75, 3.05) is 0 Å². The number of benzene rings is 3. The minimum absolute atomic E-state index is 0.785. The van der Waals surface area contributed by atoms with Gasteiger partial charge in [-0.25, -0.2) is 4.98 Å². The van der Waals surface area contributed by atoms with Crippen LogP contribution in [0.5, 0.6) is 11.5 Å². The highest BCUT2D eigenvalue weighted by Crippen LogP contribution is 2.32. The van der Waals surface area contributed by atoms with E-state index in [-0.39, 0.29) is 0 Å². The van der Waals surface area contributed by atoms with Gasteiger partial charge >= 0.3 is 0 Å². The standard InChI is InChI=1S/C23H15BrN2O/c24-16-6-3-8-18(14-16)27-19-9-4-7-17(15-19)26-22-12-2-1-10-20(22)21-11-5-13-25-23(21)26/h1-15H. The molecule has 27 heavy (non-hydrogen) atoms. The third-order valence-electron chi connectivity index (χ3n) is 4.54. The van der Waals surface area contributed by atoms with Crippen LogP contribution in [-0.4, -0.2) is 9.55 Å². The number of para-hydroxylation sites is 1. The average molecular weight is 415 g/mol. The van der Waals surface area contributed by atoms with Crippen molar-refractivity contribution in [2.45, 2.75) is 0 Å². The molecule has 3 aromatic carbocycles. The van der Waals surface area contributed by atoms with Gasteiger partial charge < -0.3 is 4.74 Å². The Morgan fingerprint density at radius 3 is 2.41 bits per heavy atom. The van der Waals surface area contributed by atoms with Crippen LogP contribution in [0.15, 0.2) is 95.6 Å². The Balaban J connectivity index is 1.67. The largest absolute Gasteiger partial charge is 0.457 e. The van der Waals surface area contributed by atoms with Gasteiger partial charge in [0.15, 0.2) is 0 Å². The molecule has 0 aliphatic rings. The summed E-state index contributed by atoms with van der Waals surface area (Å²) >= 11 is 3.48. The van der Waals surface area contributed by atoms with Crippen molar-refractivity contribution in [1.82, 2.24) is 9.55 Å². The first-order valence-electron chi connectivity index (χ1n) is 8.68. The van der Waals surface area contributed by atoms with Gasteiger partial charge in [-0.3, -0.25) is 4.57 Å². The van der Waals surface area contributed by atoms with E-state index in [2.05, 4.69) is 61.9 Å². The topological polar surface area (TPSA) is 27.1 Å². The van der Waals surface area contributed by atoms with Crippen LogP contribution in [0.1, 0.15) is 0 Å². The van der Waals surface area contributed by atoms with Gasteiger partial charge in [0.2, 0.25) is 0 Å². The fourth-order valence-electron chi connectivity index (χ4n) is 3.41. The fraction of sp³-hybridized carbons (Fsp3) is 0. The average Bonchev–Trinajstić information content (AvgIpc) is 3.03. The molecule has 130 valence electrons. The molecule has 0 spiro atoms. The molecule has 5 aromatic rings. The van der Waals surface area contributed by atoms with E-state index >= 15 is 0 Å². The minimum atomic E-state index is 0.785. The Morgan fingerprint density at radius 1 is 0.741 bits per heavy atom. The molecule has 0 aliphatic heterocycles. The first-order chi connectivity index (χ1) is 13.3. The van der Waals surface area contributed by atoms with Crippen LogP contribution in [-0.2, 0) is 0 Å². The molecule has 0 aliphatic carbocycles. The number of halogens is 1. The maximum atomic E-state index is 6.06. The van der Waals surface area contributed by atoms with Crippen LogP contribution in [0.4, 0.5) is 0 Å². The molecule has 4 heteroatoms. The first-order valence-corrected chi connectivity index (χ1v) is 9.47. The number of pyridine rings is 1. The number of ether oxygens (including phenoxy) is 1. The van der Waals surface area contributed by atoms with E-state index in [4.69, 9.17) is 4.74 Å². The number of rotatable bonds is 3. The quantitative estimate of drug-likeness (QED) is 0.327. The molecule has 2 aromatic heterocycles. The summed E-state index contributed by atoms with van der Waals surface area (Å²) in [5.41, 5.74) is 3.09. The summed E-state index contributed by atoms with van der Waals surface area (Å²) in [4.78, 5) is 4.64. The highest BCUT2D eigenvalue weighted by Gasteiger charge is 2.13. The Hall–Kier alpha value is -3.11. The Morgan fingerprint density at radius 2 is 1.52 bits per heavy atom. The van der Waals surface area contributed by atoms with Crippen LogP contribution in [0.3, 0.4) is 0 Å². The van der Waals surface area contributed by atoms with Crippen molar-refractivity contribution in [3.63, 3.8) is 0 Å². The Kier molecular flexibility index (Phi) is 3.91. The summed E-state index contributed by atoms with van der Waals surface area (Å²) in [5.74, 6) is 1.58. The highest BCUT2D eigenvalue weighted by atomic mass is 79.9. The predicted octanol–water partition coefficient (Wildman–Crippen LogP) is 6.73. The van der Waals surface area contributed by atoms with Gasteiger partial charge in [-0.05, 0) is 48.5 Å². The molecule has 0 saturated carbocycles. The maximum Gasteiger partial charge on any atom is 0.145 e. The summed E-state index contributed by atoms with van der Waals surface area (Å²) in [5, 5.41) is 2.34. The lowest BCUT2D eigenvalue weighted by molar-refractivity contribution is 0.482. The molecule has 0 bridgehead atoms. The van der Waals surface area contributed by atoms with E-state index < -0.39 is 0 Å². The monoisotopic (exact) mass is 414 g/mol. The van der Waals surface area contributed by atoms with Crippen LogP contribution in [0, 0.1) is 0 Å². The summed E-state index contributed by atoms with van der Waals surface area (Å²) < 4.78 is 9.23. The van der Waals surface area contributed by atoms with Gasteiger partial charge in [-0.15, -0.1) is 0 Å². The van der Waals surface area contributed by atoms with E-state index in [1.54, 1.807) is 0 Å². The van der Waals surface area contributed by atoms with E-state index in [0.29, 0.717) is 0 Å². The highest BCUT2D eigenvalue weighted by molar-refractivity contribution is 9.10. The number of hydrogen-bond acceptors (Lipinski definition) is 2. The summed E-state index contributed by atoms with van der Waals surface area (Å²) in [7, 11) is 0. The lowest BCUT2D eigenvalue weighted by Gasteiger charge is -2.10. The zero-order valence-electron chi connectivity index (χ0n) is 14.3. The molecule has 3 nitrogen and oxygen atoms in total. The zero-order chi connectivity index (χ0) is 18.2. The van der Waals surface area contributed by atoms with Crippen LogP contribution in [0.25, 0.3) is 27.6 Å². The van der Waals surface area contributed by atoms with Crippen molar-refractivity contribution < 1.29 is 4.74 Å². The smallest absolute Gasteiger partial charge is 0.145 e. The van der Waals surface area contributed by atoms with Crippen molar-refractivity contribution >= 4 is 37.9 Å². The van der Waals surface area contributed by atoms with Crippen LogP contribution >= 0.6 is 15.9 Å². The molecule has 5 rings (SSSR count). The molecule has 2 heterocycles. The SMILES string of the molecule is Brc1cccc(Oc2cccc(-n3c4ccccc4c4cccnc43)c2)c1. The fourth-order valence-corrected chi connectivity index (χ4v) is 3.79. The van der Waals surface area contributed by atoms with E-state index in [1.165, 1.54) is 5.39 Å². The summed E-state index contributed by atoms with van der Waals surface area (Å²) in [6.07, 6.45) is 1.83. The third-order valence-corrected chi connectivity index (χ3v) is 5.03. The van der Waals surface area contributed by atoms with Crippen molar-refractivity contribution in [1.29, 1.82) is 0 Å². The molecule has 0 radical (unpaired) electrons. The maximum absolute atomic E-state index is 6.06. The van der Waals surface area contributed by atoms with Gasteiger partial charge in [0.1, 0.15) is 17.1 Å². The lowest BCUT2D eigenvalue weighted by atomic mass is 10.2. The second-order valence-corrected chi connectivity index (χ2v) is 7.20. The molecule has 0 N–H and O–H groups in total. The summed E-state index contributed by atoms with van der Waals surface area (Å²) in [6, 6.07) is 28.4. The van der Waals surface area contributed by atoms with E-state index in [9.17, 15) is 0 Å². The van der Waals surface area contributed by atoms with Crippen molar-refractivity contribution in [3.05, 3.63) is 95.6 Å². The number of hydrogen-bond donors (Lipinski definition) is 0. The molecule has 0 unspecified atom stereocenters. The van der Waals surface area contributed by atoms with Crippen molar-refractivity contribution in [2.24, 2.45) is 0 Å². The molecule has 0 amide bonds. The van der Waals surface area contributed by atoms with Gasteiger partial charge in [-0.2, -0.15) is 0 Å². The second kappa shape index (κ2) is 6.56. The molecular formula is C23H15BrN2O. The van der Waals surface area contributed by atoms with E-state index in [1.807, 2.05) is 54.7 Å². The van der Waals surface area contributed by atoms with Gasteiger partial charge in [0.25, 0.3) is 0 Å². The number of fused-ring (bicyclic) bond motifs is 3. The normalized spacial score (nSPS) is 11.1. The second-order valence-electron chi connectivity index (χ2n) is 6.28. The molecular weight excluding hydrogens is 400 g/mol. The van der Waals surface area contributed by atoms with Crippen LogP contribution in [0.2, 0.25) is 0 Å². The first kappa shape index (κ1) is 16.1. The van der Waals surface area contributed by atoms with Crippen LogP contribution < -0.4 is 4.74 Å². The number of aromatic nitrogens is 2. The summed E-state index contributed by atoms with van der Waals surface area (Å²) in [6.45, 7) is 0. The number of nitrogens with zero attached hydrogens (tertiary/aromatic N) is 2. The Labute approximate surface area is 165 Å². The van der Waals surface area contributed by atoms with Crippen molar-refractivity contribution in [3.8, 4) is 17.2 Å². The molecule has 0 fully saturated rings. The van der Waals surface area contributed by atoms with Gasteiger partial charge in [-0.1, -0.05) is 46.3 Å². The van der Waals surface area contributed by atoms with Gasteiger partial charge in [0.05, 0.1) is 11.2 Å². The zero-order valence-corrected chi connectivity index (χ0v) is 15.9. The molecule has 0 atom stereocenters. The Bertz CT molecular complexity index is 1220. The van der Waals surface area contributed by atoms with E-state index in [0.717, 1.165) is 38.2 Å². The van der Waals surface area contributed by atoms with Gasteiger partial charge in [0, 0.05) is 27.5 Å². The third kappa shape index (κ3) is 2.88. The predicted molar refractivity (Wildman–Crippen MR) is 113 cm³/mol. The minimum Gasteiger partial charge on any atom is -0.457 e. The molecule has 0 saturated heterocycles.